The van der Waals surface area contributed by atoms with E-state index in [2.05, 4.69) is 8.92 Å². The molecule has 0 heterocycles. The van der Waals surface area contributed by atoms with E-state index in [1.807, 2.05) is 0 Å². The smallest absolute Gasteiger partial charge is 0.399 e. The quantitative estimate of drug-likeness (QED) is 0.411. The third-order valence-electron chi connectivity index (χ3n) is 0.723. The Morgan fingerprint density at radius 3 is 2.23 bits per heavy atom. The minimum atomic E-state index is -4.67. The number of thiol groups is 1. The highest BCUT2D eigenvalue weighted by atomic mass is 32.2. The SMILES string of the molecule is O=C(CC(F)(F)F)OCO[SH](=O)=O. The lowest BCUT2D eigenvalue weighted by atomic mass is 10.4. The zero-order chi connectivity index (χ0) is 10.5. The first kappa shape index (κ1) is 12.2. The minimum Gasteiger partial charge on any atom is -0.437 e. The second-order valence-corrected chi connectivity index (χ2v) is 2.48. The Kier molecular flexibility index (Phi) is 4.70. The molecule has 0 spiro atoms. The highest BCUT2D eigenvalue weighted by Crippen LogP contribution is 2.19. The summed E-state index contributed by atoms with van der Waals surface area (Å²) in [5, 5.41) is 0. The minimum absolute atomic E-state index is 1.03. The number of rotatable bonds is 4. The van der Waals surface area contributed by atoms with E-state index in [-0.39, 0.29) is 0 Å². The highest BCUT2D eigenvalue weighted by molar-refractivity contribution is 7.67. The maximum atomic E-state index is 11.4. The van der Waals surface area contributed by atoms with E-state index in [9.17, 15) is 26.4 Å². The van der Waals surface area contributed by atoms with Crippen LogP contribution in [0.15, 0.2) is 0 Å². The van der Waals surface area contributed by atoms with Gasteiger partial charge in [-0.15, -0.1) is 0 Å². The van der Waals surface area contributed by atoms with Crippen LogP contribution in [0.2, 0.25) is 0 Å². The predicted octanol–water partition coefficient (Wildman–Crippen LogP) is -0.0175. The third kappa shape index (κ3) is 9.08. The Labute approximate surface area is 72.6 Å². The van der Waals surface area contributed by atoms with Crippen molar-refractivity contribution >= 4 is 17.0 Å². The first-order valence-corrected chi connectivity index (χ1v) is 3.90. The average molecular weight is 222 g/mol. The molecule has 0 saturated carbocycles. The first-order chi connectivity index (χ1) is 5.81. The molecule has 0 saturated heterocycles. The van der Waals surface area contributed by atoms with E-state index >= 15 is 0 Å². The second-order valence-electron chi connectivity index (χ2n) is 1.78. The fourth-order valence-electron chi connectivity index (χ4n) is 0.350. The predicted molar refractivity (Wildman–Crippen MR) is 33.0 cm³/mol. The van der Waals surface area contributed by atoms with E-state index in [1.54, 1.807) is 0 Å². The van der Waals surface area contributed by atoms with Gasteiger partial charge in [-0.2, -0.15) is 13.2 Å². The number of carbonyl (C=O) groups is 1. The van der Waals surface area contributed by atoms with Crippen molar-refractivity contribution in [2.45, 2.75) is 12.6 Å². The summed E-state index contributed by atoms with van der Waals surface area (Å²) in [4.78, 5) is 10.2. The van der Waals surface area contributed by atoms with Crippen LogP contribution in [0.25, 0.3) is 0 Å². The molecule has 0 aliphatic carbocycles. The zero-order valence-corrected chi connectivity index (χ0v) is 6.93. The van der Waals surface area contributed by atoms with Crippen molar-refractivity contribution in [1.82, 2.24) is 0 Å². The van der Waals surface area contributed by atoms with Crippen molar-refractivity contribution < 1.29 is 35.3 Å². The number of ether oxygens (including phenoxy) is 1. The molecule has 78 valence electrons. The monoisotopic (exact) mass is 222 g/mol. The van der Waals surface area contributed by atoms with Gasteiger partial charge in [-0.25, -0.2) is 12.6 Å². The van der Waals surface area contributed by atoms with Crippen molar-refractivity contribution in [3.05, 3.63) is 0 Å². The lowest BCUT2D eigenvalue weighted by Crippen LogP contribution is -2.18. The summed E-state index contributed by atoms with van der Waals surface area (Å²) < 4.78 is 61.1. The van der Waals surface area contributed by atoms with E-state index in [1.165, 1.54) is 0 Å². The van der Waals surface area contributed by atoms with Gasteiger partial charge in [0.1, 0.15) is 6.42 Å². The van der Waals surface area contributed by atoms with Gasteiger partial charge < -0.3 is 4.74 Å². The molecule has 0 aliphatic heterocycles. The average Bonchev–Trinajstić information content (AvgIpc) is 1.81. The summed E-state index contributed by atoms with van der Waals surface area (Å²) in [7, 11) is -3.22. The van der Waals surface area contributed by atoms with Crippen LogP contribution in [0.1, 0.15) is 6.42 Å². The van der Waals surface area contributed by atoms with Crippen molar-refractivity contribution in [3.8, 4) is 0 Å². The van der Waals surface area contributed by atoms with Gasteiger partial charge >= 0.3 is 12.1 Å². The van der Waals surface area contributed by atoms with Crippen LogP contribution >= 0.6 is 0 Å². The summed E-state index contributed by atoms with van der Waals surface area (Å²) in [5.41, 5.74) is 0. The molecule has 0 aliphatic rings. The number of hydrogen-bond donors (Lipinski definition) is 1. The van der Waals surface area contributed by atoms with Gasteiger partial charge in [-0.05, 0) is 0 Å². The topological polar surface area (TPSA) is 69.7 Å². The van der Waals surface area contributed by atoms with Crippen molar-refractivity contribution in [3.63, 3.8) is 0 Å². The van der Waals surface area contributed by atoms with Gasteiger partial charge in [0.25, 0.3) is 11.0 Å². The van der Waals surface area contributed by atoms with E-state index < -0.39 is 36.3 Å². The van der Waals surface area contributed by atoms with Crippen LogP contribution in [0.4, 0.5) is 13.2 Å². The molecule has 9 heteroatoms. The van der Waals surface area contributed by atoms with Crippen LogP contribution < -0.4 is 0 Å². The van der Waals surface area contributed by atoms with Gasteiger partial charge in [0, 0.05) is 0 Å². The Balaban J connectivity index is 3.64. The summed E-state index contributed by atoms with van der Waals surface area (Å²) >= 11 is 0. The normalized spacial score (nSPS) is 11.7. The maximum Gasteiger partial charge on any atom is 0.399 e. The van der Waals surface area contributed by atoms with Crippen molar-refractivity contribution in [2.75, 3.05) is 6.79 Å². The van der Waals surface area contributed by atoms with Gasteiger partial charge in [0.15, 0.2) is 0 Å². The molecule has 0 fully saturated rings. The van der Waals surface area contributed by atoms with Crippen LogP contribution in [-0.2, 0) is 24.7 Å². The number of halogens is 3. The summed E-state index contributed by atoms with van der Waals surface area (Å²) in [6.45, 7) is -1.03. The summed E-state index contributed by atoms with van der Waals surface area (Å²) in [6, 6.07) is 0. The molecule has 5 nitrogen and oxygen atoms in total. The molecule has 0 unspecified atom stereocenters. The molecule has 0 aromatic carbocycles. The van der Waals surface area contributed by atoms with Crippen LogP contribution in [0.5, 0.6) is 0 Å². The molecule has 0 amide bonds. The maximum absolute atomic E-state index is 11.4. The molecule has 0 bridgehead atoms. The van der Waals surface area contributed by atoms with E-state index in [4.69, 9.17) is 0 Å². The largest absolute Gasteiger partial charge is 0.437 e. The zero-order valence-electron chi connectivity index (χ0n) is 6.04. The fourth-order valence-corrected chi connectivity index (χ4v) is 0.489. The number of alkyl halides is 3. The van der Waals surface area contributed by atoms with E-state index in [0.29, 0.717) is 0 Å². The Morgan fingerprint density at radius 2 is 1.85 bits per heavy atom. The molecular formula is C4H5F3O5S. The number of hydrogen-bond acceptors (Lipinski definition) is 5. The summed E-state index contributed by atoms with van der Waals surface area (Å²) in [6.07, 6.45) is -6.44. The Bertz CT molecular complexity index is 237. The van der Waals surface area contributed by atoms with Crippen LogP contribution in [0.3, 0.4) is 0 Å². The third-order valence-corrected chi connectivity index (χ3v) is 1.04. The molecule has 0 aromatic heterocycles. The molecule has 13 heavy (non-hydrogen) atoms. The molecule has 0 aromatic rings. The number of esters is 1. The standard InChI is InChI=1S/C4H5F3O5S/c5-4(6,7)1-3(8)11-2-12-13(9)10/h13H,1-2H2. The van der Waals surface area contributed by atoms with E-state index in [0.717, 1.165) is 0 Å². The fraction of sp³-hybridized carbons (Fsp3) is 0.750. The van der Waals surface area contributed by atoms with Crippen molar-refractivity contribution in [2.24, 2.45) is 0 Å². The van der Waals surface area contributed by atoms with Crippen LogP contribution in [0, 0.1) is 0 Å². The Hall–Kier alpha value is -0.830. The van der Waals surface area contributed by atoms with Crippen molar-refractivity contribution in [1.29, 1.82) is 0 Å². The molecule has 0 atom stereocenters. The molecule has 0 rings (SSSR count). The molecule has 0 N–H and O–H groups in total. The van der Waals surface area contributed by atoms with Gasteiger partial charge in [0.05, 0.1) is 0 Å². The second kappa shape index (κ2) is 5.02. The van der Waals surface area contributed by atoms with Gasteiger partial charge in [-0.3, -0.25) is 4.79 Å². The molecular weight excluding hydrogens is 217 g/mol. The van der Waals surface area contributed by atoms with Crippen LogP contribution in [-0.4, -0.2) is 27.4 Å². The van der Waals surface area contributed by atoms with Gasteiger partial charge in [0.2, 0.25) is 6.79 Å². The Morgan fingerprint density at radius 1 is 1.31 bits per heavy atom. The first-order valence-electron chi connectivity index (χ1n) is 2.81. The summed E-state index contributed by atoms with van der Waals surface area (Å²) in [5.74, 6) is -1.59. The highest BCUT2D eigenvalue weighted by Gasteiger charge is 2.32. The lowest BCUT2D eigenvalue weighted by molar-refractivity contribution is -0.175. The lowest BCUT2D eigenvalue weighted by Gasteiger charge is -2.04. The van der Waals surface area contributed by atoms with Gasteiger partial charge in [-0.1, -0.05) is 0 Å². The number of carbonyl (C=O) groups excluding carboxylic acids is 1. The molecule has 0 radical (unpaired) electrons.